The predicted octanol–water partition coefficient (Wildman–Crippen LogP) is 8.84. The predicted molar refractivity (Wildman–Crippen MR) is 292 cm³/mol. The van der Waals surface area contributed by atoms with Gasteiger partial charge in [-0.2, -0.15) is 0 Å². The normalized spacial score (nSPS) is 27.4. The maximum Gasteiger partial charge on any atom is 0.407 e. The summed E-state index contributed by atoms with van der Waals surface area (Å²) in [5, 5.41) is 20.9. The summed E-state index contributed by atoms with van der Waals surface area (Å²) >= 11 is 0.202. The Morgan fingerprint density at radius 1 is 0.877 bits per heavy atom. The molecular weight excluding hydrogens is 1080 g/mol. The van der Waals surface area contributed by atoms with Gasteiger partial charge < -0.3 is 40.6 Å². The summed E-state index contributed by atoms with van der Waals surface area (Å²) in [5.41, 5.74) is -6.07. The molecule has 0 aromatic heterocycles. The van der Waals surface area contributed by atoms with Crippen LogP contribution in [0.25, 0.3) is 11.1 Å². The van der Waals surface area contributed by atoms with Crippen LogP contribution in [-0.4, -0.2) is 112 Å². The molecule has 5 aliphatic carbocycles. The molecule has 21 heteroatoms. The minimum Gasteiger partial charge on any atom is -0.460 e. The number of alkyl carbamates (subject to hydrolysis) is 1. The van der Waals surface area contributed by atoms with Crippen LogP contribution in [0.4, 0.5) is 28.0 Å². The summed E-state index contributed by atoms with van der Waals surface area (Å²) in [7, 11) is 0. The fourth-order valence-electron chi connectivity index (χ4n) is 13.0. The second kappa shape index (κ2) is 23.2. The Morgan fingerprint density at radius 3 is 2.16 bits per heavy atom. The molecule has 0 saturated heterocycles. The average molecular weight is 1150 g/mol. The molecule has 3 fully saturated rings. The summed E-state index contributed by atoms with van der Waals surface area (Å²) < 4.78 is 80.7. The van der Waals surface area contributed by atoms with Crippen molar-refractivity contribution >= 4 is 64.1 Å². The van der Waals surface area contributed by atoms with Gasteiger partial charge in [0, 0.05) is 29.1 Å². The summed E-state index contributed by atoms with van der Waals surface area (Å²) in [6, 6.07) is 12.8. The number of allylic oxidation sites excluding steroid dienone is 4. The third kappa shape index (κ3) is 11.4. The highest BCUT2D eigenvalue weighted by Crippen LogP contribution is 2.71. The van der Waals surface area contributed by atoms with Gasteiger partial charge in [0.15, 0.2) is 17.1 Å². The molecule has 3 aromatic carbocycles. The average Bonchev–Trinajstić information content (AvgIpc) is 1.84. The van der Waals surface area contributed by atoms with Crippen LogP contribution in [-0.2, 0) is 43.0 Å². The minimum absolute atomic E-state index is 0.00153. The van der Waals surface area contributed by atoms with Crippen LogP contribution in [0.15, 0.2) is 90.5 Å². The van der Waals surface area contributed by atoms with E-state index < -0.39 is 153 Å². The van der Waals surface area contributed by atoms with Crippen molar-refractivity contribution in [3.63, 3.8) is 0 Å². The van der Waals surface area contributed by atoms with E-state index in [-0.39, 0.29) is 61.1 Å². The highest BCUT2D eigenvalue weighted by Gasteiger charge is 2.76. The van der Waals surface area contributed by atoms with E-state index in [9.17, 15) is 47.9 Å². The number of hydrogen-bond acceptors (Lipinski definition) is 13. The topological polar surface area (TPSA) is 233 Å². The van der Waals surface area contributed by atoms with Crippen LogP contribution in [0, 0.1) is 34.4 Å². The monoisotopic (exact) mass is 1140 g/mol. The number of aliphatic hydroxyl groups is 1. The number of benzene rings is 3. The molecule has 0 bridgehead atoms. The molecule has 16 nitrogen and oxygen atoms in total. The van der Waals surface area contributed by atoms with Crippen LogP contribution in [0.3, 0.4) is 0 Å². The number of rotatable bonds is 17. The van der Waals surface area contributed by atoms with Gasteiger partial charge in [-0.3, -0.25) is 28.8 Å². The molecule has 11 atom stereocenters. The summed E-state index contributed by atoms with van der Waals surface area (Å²) in [4.78, 5) is 109. The largest absolute Gasteiger partial charge is 0.460 e. The minimum atomic E-state index is -2.52. The number of alkyl halides is 3. The first-order valence-corrected chi connectivity index (χ1v) is 28.0. The third-order valence-electron chi connectivity index (χ3n) is 17.0. The Hall–Kier alpha value is -6.87. The van der Waals surface area contributed by atoms with E-state index in [1.54, 1.807) is 34.6 Å². The fourth-order valence-corrected chi connectivity index (χ4v) is 13.7. The van der Waals surface area contributed by atoms with Crippen LogP contribution in [0.1, 0.15) is 121 Å². The van der Waals surface area contributed by atoms with Crippen LogP contribution >= 0.6 is 11.8 Å². The maximum absolute atomic E-state index is 17.9. The Balaban J connectivity index is 0.936. The molecule has 5 N–H and O–H groups in total. The zero-order valence-electron chi connectivity index (χ0n) is 46.3. The highest BCUT2D eigenvalue weighted by molar-refractivity contribution is 8.13. The van der Waals surface area contributed by atoms with Crippen molar-refractivity contribution in [2.75, 3.05) is 17.9 Å². The second-order valence-corrected chi connectivity index (χ2v) is 24.3. The zero-order valence-corrected chi connectivity index (χ0v) is 47.1. The van der Waals surface area contributed by atoms with Gasteiger partial charge >= 0.3 is 18.0 Å². The van der Waals surface area contributed by atoms with E-state index in [0.29, 0.717) is 0 Å². The van der Waals surface area contributed by atoms with Gasteiger partial charge in [0.25, 0.3) is 0 Å². The Labute approximate surface area is 471 Å². The molecule has 5 aliphatic rings. The molecule has 0 spiro atoms. The van der Waals surface area contributed by atoms with Crippen molar-refractivity contribution < 1.29 is 75.2 Å². The van der Waals surface area contributed by atoms with E-state index in [4.69, 9.17) is 14.2 Å². The van der Waals surface area contributed by atoms with Gasteiger partial charge in [0.05, 0.1) is 17.4 Å². The van der Waals surface area contributed by atoms with Crippen molar-refractivity contribution in [1.29, 1.82) is 0 Å². The quantitative estimate of drug-likeness (QED) is 0.0484. The zero-order chi connectivity index (χ0) is 59.1. The number of esters is 2. The molecule has 0 unspecified atom stereocenters. The number of thioether (sulfide) groups is 1. The lowest BCUT2D eigenvalue weighted by Crippen LogP contribution is -2.70. The summed E-state index contributed by atoms with van der Waals surface area (Å²) in [6.45, 7) is 12.3. The Kier molecular flexibility index (Phi) is 17.2. The van der Waals surface area contributed by atoms with E-state index in [1.807, 2.05) is 48.5 Å². The number of aliphatic hydroxyl groups excluding tert-OH is 1. The van der Waals surface area contributed by atoms with Crippen molar-refractivity contribution in [3.05, 3.63) is 113 Å². The number of nitrogens with one attached hydrogen (secondary N) is 4. The molecule has 434 valence electrons. The SMILES string of the molecule is CC(C)[C@H](NC(=O)[C@H](CCC(=O)OC(C)(C)C)NC(=O)OCC1c2ccccc2-c2ccccc21)C(=O)N[C@@H](C)C(=O)Nc1cc(C(=O)O[C@]2(C(=O)SCF)CC[C@H]3[C@@H]4C[C@H](F)C5=CC(=O)C=C[C@]5(C)[C@@]4(F)[C@@H](O)C[C@@]32C)ccc1F. The van der Waals surface area contributed by atoms with E-state index in [1.165, 1.54) is 26.8 Å². The molecule has 0 heterocycles. The van der Waals surface area contributed by atoms with Gasteiger partial charge in [-0.25, -0.2) is 27.2 Å². The van der Waals surface area contributed by atoms with E-state index in [0.717, 1.165) is 52.6 Å². The summed E-state index contributed by atoms with van der Waals surface area (Å²) in [6.07, 6.45) is -3.00. The Morgan fingerprint density at radius 2 is 1.53 bits per heavy atom. The standard InChI is InChI=1S/C60H68F4N4O12S/c1-31(2)49(68-51(73)45(19-20-48(71)79-56(4,5)6)67-55(77)78-29-39-37-15-11-9-13-35(37)36-14-10-12-16-38(36)39)52(74)65-32(3)50(72)66-46-25-33(17-18-43(46)62)53(75)80-59(54(76)81-30-61)24-22-40-41-27-44(63)42-26-34(69)21-23-57(42,7)60(41,64)47(70)28-58(40,59)8/h9-18,21,23,25-26,31-32,39-41,44-45,47,49,70H,19-20,22,24,27-30H2,1-8H3,(H,65,74)(H,66,72)(H,67,77)(H,68,73)/t32-,40-,41-,44-,45-,47-,49-,57-,58-,59-,60-/m0/s1. The number of fused-ring (bicyclic) bond motifs is 8. The summed E-state index contributed by atoms with van der Waals surface area (Å²) in [5.74, 6) is -9.24. The number of anilines is 1. The molecular formula is C60H68F4N4O12S. The smallest absolute Gasteiger partial charge is 0.407 e. The van der Waals surface area contributed by atoms with Gasteiger partial charge in [0.2, 0.25) is 22.8 Å². The Bertz CT molecular complexity index is 3050. The maximum atomic E-state index is 17.9. The van der Waals surface area contributed by atoms with Crippen LogP contribution < -0.4 is 21.3 Å². The molecule has 81 heavy (non-hydrogen) atoms. The first-order valence-electron chi connectivity index (χ1n) is 27.1. The molecule has 0 radical (unpaired) electrons. The van der Waals surface area contributed by atoms with Gasteiger partial charge in [0.1, 0.15) is 48.3 Å². The van der Waals surface area contributed by atoms with E-state index in [2.05, 4.69) is 21.3 Å². The van der Waals surface area contributed by atoms with Crippen molar-refractivity contribution in [2.45, 2.75) is 147 Å². The van der Waals surface area contributed by atoms with Gasteiger partial charge in [-0.15, -0.1) is 0 Å². The van der Waals surface area contributed by atoms with Gasteiger partial charge in [-0.05, 0) is 148 Å². The first kappa shape index (κ1) is 60.2. The van der Waals surface area contributed by atoms with Gasteiger partial charge in [-0.1, -0.05) is 75.4 Å². The molecule has 0 aliphatic heterocycles. The number of amides is 4. The number of ether oxygens (including phenoxy) is 3. The van der Waals surface area contributed by atoms with Crippen LogP contribution in [0.5, 0.6) is 0 Å². The highest BCUT2D eigenvalue weighted by atomic mass is 32.2. The van der Waals surface area contributed by atoms with Crippen molar-refractivity contribution in [3.8, 4) is 11.1 Å². The molecule has 3 saturated carbocycles. The molecule has 4 amide bonds. The number of carbonyl (C=O) groups excluding carboxylic acids is 8. The van der Waals surface area contributed by atoms with Crippen molar-refractivity contribution in [1.82, 2.24) is 16.0 Å². The molecule has 8 rings (SSSR count). The third-order valence-corrected chi connectivity index (χ3v) is 17.7. The number of ketones is 1. The van der Waals surface area contributed by atoms with Crippen LogP contribution in [0.2, 0.25) is 0 Å². The lowest BCUT2D eigenvalue weighted by Gasteiger charge is -2.63. The van der Waals surface area contributed by atoms with E-state index >= 15 is 13.2 Å². The fraction of sp³-hybridized carbons (Fsp3) is 0.500. The van der Waals surface area contributed by atoms with Crippen molar-refractivity contribution in [2.24, 2.45) is 28.6 Å². The molecule has 3 aromatic rings. The lowest BCUT2D eigenvalue weighted by atomic mass is 9.44. The number of carbonyl (C=O) groups is 8. The number of halogens is 4. The first-order chi connectivity index (χ1) is 38.1. The second-order valence-electron chi connectivity index (χ2n) is 23.4. The lowest BCUT2D eigenvalue weighted by molar-refractivity contribution is -0.219. The number of hydrogen-bond donors (Lipinski definition) is 5.